The average Bonchev–Trinajstić information content (AvgIpc) is 2.68. The molecule has 0 radical (unpaired) electrons. The van der Waals surface area contributed by atoms with Gasteiger partial charge in [0.1, 0.15) is 0 Å². The minimum atomic E-state index is -1.19. The lowest BCUT2D eigenvalue weighted by Crippen LogP contribution is -2.36. The van der Waals surface area contributed by atoms with Gasteiger partial charge in [-0.05, 0) is 24.1 Å². The van der Waals surface area contributed by atoms with E-state index in [0.717, 1.165) is 16.8 Å². The highest BCUT2D eigenvalue weighted by molar-refractivity contribution is 5.88. The molecule has 0 bridgehead atoms. The van der Waals surface area contributed by atoms with Crippen LogP contribution in [0, 0.1) is 5.92 Å². The van der Waals surface area contributed by atoms with Crippen LogP contribution < -0.4 is 10.8 Å². The summed E-state index contributed by atoms with van der Waals surface area (Å²) in [5.41, 5.74) is 4.26. The zero-order valence-corrected chi connectivity index (χ0v) is 14.6. The fourth-order valence-corrected chi connectivity index (χ4v) is 2.59. The number of carbonyl (C=O) groups excluding carboxylic acids is 2. The van der Waals surface area contributed by atoms with Crippen molar-refractivity contribution in [2.75, 3.05) is 6.54 Å². The third-order valence-electron chi connectivity index (χ3n) is 3.98. The van der Waals surface area contributed by atoms with Gasteiger partial charge in [0.25, 0.3) is 0 Å². The fourth-order valence-electron chi connectivity index (χ4n) is 2.59. The highest BCUT2D eigenvalue weighted by Gasteiger charge is 2.24. The lowest BCUT2D eigenvalue weighted by atomic mass is 10.00. The minimum Gasteiger partial charge on any atom is -0.481 e. The van der Waals surface area contributed by atoms with Gasteiger partial charge in [0.15, 0.2) is 0 Å². The molecule has 1 atom stereocenters. The molecule has 1 aromatic carbocycles. The van der Waals surface area contributed by atoms with E-state index in [1.54, 1.807) is 6.20 Å². The van der Waals surface area contributed by atoms with Crippen molar-refractivity contribution >= 4 is 17.8 Å². The first kappa shape index (κ1) is 20.1. The summed E-state index contributed by atoms with van der Waals surface area (Å²) in [6, 6.07) is 13.4. The topological polar surface area (TPSA) is 129 Å². The summed E-state index contributed by atoms with van der Waals surface area (Å²) < 4.78 is 0. The summed E-state index contributed by atoms with van der Waals surface area (Å²) in [6.07, 6.45) is 1.40. The van der Waals surface area contributed by atoms with Crippen LogP contribution in [-0.2, 0) is 20.8 Å². The molecular formula is C19H21N3O5. The van der Waals surface area contributed by atoms with Crippen molar-refractivity contribution < 1.29 is 24.7 Å². The lowest BCUT2D eigenvalue weighted by molar-refractivity contribution is -0.142. The van der Waals surface area contributed by atoms with E-state index >= 15 is 0 Å². The fraction of sp³-hybridized carbons (Fsp3) is 0.263. The van der Waals surface area contributed by atoms with Crippen molar-refractivity contribution in [1.82, 2.24) is 15.8 Å². The Bertz CT molecular complexity index is 778. The van der Waals surface area contributed by atoms with E-state index < -0.39 is 36.5 Å². The molecule has 8 nitrogen and oxygen atoms in total. The molecule has 2 amide bonds. The molecule has 8 heteroatoms. The summed E-state index contributed by atoms with van der Waals surface area (Å²) in [4.78, 5) is 38.5. The van der Waals surface area contributed by atoms with Gasteiger partial charge in [-0.15, -0.1) is 0 Å². The number of rotatable bonds is 9. The number of nitrogens with zero attached hydrogens (tertiary/aromatic N) is 1. The number of carboxylic acids is 1. The Kier molecular flexibility index (Phi) is 7.45. The van der Waals surface area contributed by atoms with Crippen LogP contribution in [0.3, 0.4) is 0 Å². The van der Waals surface area contributed by atoms with Crippen molar-refractivity contribution in [3.63, 3.8) is 0 Å². The quantitative estimate of drug-likeness (QED) is 0.389. The Hall–Kier alpha value is -3.26. The van der Waals surface area contributed by atoms with Gasteiger partial charge in [-0.3, -0.25) is 24.6 Å². The van der Waals surface area contributed by atoms with Gasteiger partial charge in [-0.2, -0.15) is 0 Å². The minimum absolute atomic E-state index is 0.304. The standard InChI is InChI=1S/C19H21N3O5/c23-17(22-27)11-15(12-18(24)25)19(26)21-10-8-13-4-6-14(7-5-13)16-3-1-2-9-20-16/h1-7,9,15,27H,8,10-12H2,(H,21,26)(H,22,23)(H,24,25). The Morgan fingerprint density at radius 2 is 1.78 bits per heavy atom. The molecule has 142 valence electrons. The van der Waals surface area contributed by atoms with Gasteiger partial charge >= 0.3 is 5.97 Å². The summed E-state index contributed by atoms with van der Waals surface area (Å²) >= 11 is 0. The molecule has 0 aliphatic rings. The number of carbonyl (C=O) groups is 3. The van der Waals surface area contributed by atoms with Crippen LogP contribution in [0.1, 0.15) is 18.4 Å². The molecule has 0 aliphatic heterocycles. The van der Waals surface area contributed by atoms with Gasteiger partial charge in [0, 0.05) is 24.7 Å². The average molecular weight is 371 g/mol. The zero-order valence-electron chi connectivity index (χ0n) is 14.6. The summed E-state index contributed by atoms with van der Waals surface area (Å²) in [5.74, 6) is -3.57. The monoisotopic (exact) mass is 371 g/mol. The molecule has 1 aromatic heterocycles. The number of amides is 2. The molecule has 0 saturated carbocycles. The van der Waals surface area contributed by atoms with Crippen LogP contribution in [0.25, 0.3) is 11.3 Å². The van der Waals surface area contributed by atoms with Crippen LogP contribution in [0.15, 0.2) is 48.7 Å². The summed E-state index contributed by atoms with van der Waals surface area (Å²) in [6.45, 7) is 0.304. The van der Waals surface area contributed by atoms with Crippen LogP contribution >= 0.6 is 0 Å². The van der Waals surface area contributed by atoms with E-state index in [1.807, 2.05) is 42.5 Å². The maximum atomic E-state index is 12.1. The van der Waals surface area contributed by atoms with Gasteiger partial charge < -0.3 is 10.4 Å². The molecule has 27 heavy (non-hydrogen) atoms. The van der Waals surface area contributed by atoms with Gasteiger partial charge in [0.05, 0.1) is 18.0 Å². The Labute approximate surface area is 156 Å². The number of hydrogen-bond acceptors (Lipinski definition) is 5. The molecule has 0 saturated heterocycles. The van der Waals surface area contributed by atoms with E-state index in [2.05, 4.69) is 10.3 Å². The maximum absolute atomic E-state index is 12.1. The van der Waals surface area contributed by atoms with Crippen molar-refractivity contribution in [2.45, 2.75) is 19.3 Å². The van der Waals surface area contributed by atoms with Crippen LogP contribution in [0.4, 0.5) is 0 Å². The molecule has 1 unspecified atom stereocenters. The molecule has 2 aromatic rings. The van der Waals surface area contributed by atoms with E-state index in [4.69, 9.17) is 10.3 Å². The molecule has 0 fully saturated rings. The van der Waals surface area contributed by atoms with Crippen LogP contribution in [0.2, 0.25) is 0 Å². The Balaban J connectivity index is 1.87. The second kappa shape index (κ2) is 10.0. The third-order valence-corrected chi connectivity index (χ3v) is 3.98. The number of hydroxylamine groups is 1. The van der Waals surface area contributed by atoms with E-state index in [0.29, 0.717) is 13.0 Å². The lowest BCUT2D eigenvalue weighted by Gasteiger charge is -2.14. The number of nitrogens with one attached hydrogen (secondary N) is 2. The van der Waals surface area contributed by atoms with E-state index in [1.165, 1.54) is 5.48 Å². The largest absolute Gasteiger partial charge is 0.481 e. The highest BCUT2D eigenvalue weighted by atomic mass is 16.5. The van der Waals surface area contributed by atoms with Crippen LogP contribution in [0.5, 0.6) is 0 Å². The summed E-state index contributed by atoms with van der Waals surface area (Å²) in [7, 11) is 0. The SMILES string of the molecule is O=C(O)CC(CC(=O)NO)C(=O)NCCc1ccc(-c2ccccn2)cc1. The number of benzene rings is 1. The van der Waals surface area contributed by atoms with Crippen molar-refractivity contribution in [3.8, 4) is 11.3 Å². The maximum Gasteiger partial charge on any atom is 0.304 e. The molecule has 2 rings (SSSR count). The number of hydrogen-bond donors (Lipinski definition) is 4. The molecule has 0 aliphatic carbocycles. The smallest absolute Gasteiger partial charge is 0.304 e. The molecule has 4 N–H and O–H groups in total. The number of aromatic nitrogens is 1. The first-order valence-corrected chi connectivity index (χ1v) is 8.42. The first-order chi connectivity index (χ1) is 13.0. The van der Waals surface area contributed by atoms with Gasteiger partial charge in [-0.1, -0.05) is 30.3 Å². The third kappa shape index (κ3) is 6.52. The van der Waals surface area contributed by atoms with Crippen molar-refractivity contribution in [1.29, 1.82) is 0 Å². The van der Waals surface area contributed by atoms with Crippen molar-refractivity contribution in [3.05, 3.63) is 54.2 Å². The molecular weight excluding hydrogens is 350 g/mol. The van der Waals surface area contributed by atoms with Crippen LogP contribution in [-0.4, -0.2) is 39.6 Å². The van der Waals surface area contributed by atoms with E-state index in [-0.39, 0.29) is 0 Å². The predicted molar refractivity (Wildman–Crippen MR) is 96.7 cm³/mol. The number of pyridine rings is 1. The van der Waals surface area contributed by atoms with E-state index in [9.17, 15) is 14.4 Å². The first-order valence-electron chi connectivity index (χ1n) is 8.42. The second-order valence-electron chi connectivity index (χ2n) is 5.99. The van der Waals surface area contributed by atoms with Gasteiger partial charge in [-0.25, -0.2) is 5.48 Å². The number of aliphatic carboxylic acids is 1. The normalized spacial score (nSPS) is 11.4. The number of carboxylic acid groups (broad SMARTS) is 1. The molecule has 1 heterocycles. The second-order valence-corrected chi connectivity index (χ2v) is 5.99. The highest BCUT2D eigenvalue weighted by Crippen LogP contribution is 2.17. The predicted octanol–water partition coefficient (Wildman–Crippen LogP) is 1.39. The Morgan fingerprint density at radius 3 is 2.37 bits per heavy atom. The van der Waals surface area contributed by atoms with Crippen molar-refractivity contribution in [2.24, 2.45) is 5.92 Å². The Morgan fingerprint density at radius 1 is 1.04 bits per heavy atom. The van der Waals surface area contributed by atoms with Gasteiger partial charge in [0.2, 0.25) is 11.8 Å². The summed E-state index contributed by atoms with van der Waals surface area (Å²) in [5, 5.41) is 20.0. The zero-order chi connectivity index (χ0) is 19.6. The molecule has 0 spiro atoms.